The van der Waals surface area contributed by atoms with Gasteiger partial charge in [-0.15, -0.1) is 16.7 Å². The molecule has 4 nitrogen and oxygen atoms in total. The summed E-state index contributed by atoms with van der Waals surface area (Å²) in [6, 6.07) is 0. The summed E-state index contributed by atoms with van der Waals surface area (Å²) >= 11 is 7.25. The summed E-state index contributed by atoms with van der Waals surface area (Å²) < 4.78 is 1.52. The van der Waals surface area contributed by atoms with Gasteiger partial charge in [-0.05, 0) is 18.8 Å². The Morgan fingerprint density at radius 3 is 2.87 bits per heavy atom. The van der Waals surface area contributed by atoms with Crippen molar-refractivity contribution in [3.05, 3.63) is 10.5 Å². The van der Waals surface area contributed by atoms with Gasteiger partial charge < -0.3 is 0 Å². The molecule has 1 N–H and O–H groups in total. The van der Waals surface area contributed by atoms with E-state index in [0.29, 0.717) is 11.8 Å². The van der Waals surface area contributed by atoms with E-state index in [1.54, 1.807) is 18.8 Å². The maximum absolute atomic E-state index is 11.1. The van der Waals surface area contributed by atoms with E-state index in [4.69, 9.17) is 11.6 Å². The molecule has 0 saturated heterocycles. The molecule has 0 saturated carbocycles. The van der Waals surface area contributed by atoms with Crippen LogP contribution in [0.25, 0.3) is 0 Å². The summed E-state index contributed by atoms with van der Waals surface area (Å²) in [7, 11) is 1.72. The van der Waals surface area contributed by atoms with Gasteiger partial charge in [-0.2, -0.15) is 0 Å². The second-order valence-electron chi connectivity index (χ2n) is 3.59. The van der Waals surface area contributed by atoms with Crippen LogP contribution in [0.1, 0.15) is 19.8 Å². The van der Waals surface area contributed by atoms with Crippen LogP contribution < -0.4 is 5.69 Å². The van der Waals surface area contributed by atoms with Crippen molar-refractivity contribution in [2.24, 2.45) is 13.0 Å². The number of aromatic nitrogens is 3. The molecule has 15 heavy (non-hydrogen) atoms. The van der Waals surface area contributed by atoms with Gasteiger partial charge in [-0.25, -0.2) is 9.89 Å². The van der Waals surface area contributed by atoms with E-state index >= 15 is 0 Å². The van der Waals surface area contributed by atoms with E-state index < -0.39 is 0 Å². The number of hydrogen-bond donors (Lipinski definition) is 1. The quantitative estimate of drug-likeness (QED) is 0.619. The molecule has 1 rings (SSSR count). The van der Waals surface area contributed by atoms with Crippen molar-refractivity contribution in [1.82, 2.24) is 14.8 Å². The van der Waals surface area contributed by atoms with Crippen molar-refractivity contribution < 1.29 is 0 Å². The van der Waals surface area contributed by atoms with Crippen molar-refractivity contribution >= 4 is 23.4 Å². The first kappa shape index (κ1) is 12.6. The summed E-state index contributed by atoms with van der Waals surface area (Å²) in [5, 5.41) is 7.08. The lowest BCUT2D eigenvalue weighted by atomic mass is 10.1. The molecule has 0 aromatic carbocycles. The molecule has 0 aliphatic heterocycles. The van der Waals surface area contributed by atoms with E-state index in [-0.39, 0.29) is 5.69 Å². The van der Waals surface area contributed by atoms with Crippen molar-refractivity contribution in [2.75, 3.05) is 11.6 Å². The molecular weight excluding hydrogens is 234 g/mol. The standard InChI is InChI=1S/C9H16ClN3OS/c1-7(3-5-10)4-6-15-9-12-11-8(14)13(9)2/h7H,3-6H2,1-2H3,(H,11,14). The lowest BCUT2D eigenvalue weighted by Crippen LogP contribution is -2.13. The first-order valence-electron chi connectivity index (χ1n) is 4.95. The average Bonchev–Trinajstić information content (AvgIpc) is 2.50. The number of H-pyrrole nitrogens is 1. The normalized spacial score (nSPS) is 13.0. The first-order valence-corrected chi connectivity index (χ1v) is 6.47. The molecule has 0 aliphatic rings. The Morgan fingerprint density at radius 1 is 1.60 bits per heavy atom. The van der Waals surface area contributed by atoms with Gasteiger partial charge in [0.2, 0.25) is 0 Å². The van der Waals surface area contributed by atoms with Crippen molar-refractivity contribution in [2.45, 2.75) is 24.9 Å². The van der Waals surface area contributed by atoms with Crippen LogP contribution in [0.3, 0.4) is 0 Å². The highest BCUT2D eigenvalue weighted by Crippen LogP contribution is 2.17. The van der Waals surface area contributed by atoms with Gasteiger partial charge in [0.15, 0.2) is 5.16 Å². The molecular formula is C9H16ClN3OS. The summed E-state index contributed by atoms with van der Waals surface area (Å²) in [6.45, 7) is 2.19. The van der Waals surface area contributed by atoms with Gasteiger partial charge >= 0.3 is 5.69 Å². The van der Waals surface area contributed by atoms with Crippen molar-refractivity contribution in [3.8, 4) is 0 Å². The fourth-order valence-electron chi connectivity index (χ4n) is 1.14. The number of alkyl halides is 1. The lowest BCUT2D eigenvalue weighted by molar-refractivity contribution is 0.551. The molecule has 0 fully saturated rings. The van der Waals surface area contributed by atoms with Crippen LogP contribution in [0.15, 0.2) is 9.95 Å². The van der Waals surface area contributed by atoms with E-state index in [1.165, 1.54) is 4.57 Å². The van der Waals surface area contributed by atoms with Crippen molar-refractivity contribution in [1.29, 1.82) is 0 Å². The molecule has 1 unspecified atom stereocenters. The smallest absolute Gasteiger partial charge is 0.273 e. The number of hydrogen-bond acceptors (Lipinski definition) is 3. The third kappa shape index (κ3) is 3.91. The van der Waals surface area contributed by atoms with E-state index in [1.807, 2.05) is 0 Å². The van der Waals surface area contributed by atoms with Gasteiger partial charge in [-0.1, -0.05) is 18.7 Å². The van der Waals surface area contributed by atoms with E-state index in [2.05, 4.69) is 17.1 Å². The summed E-state index contributed by atoms with van der Waals surface area (Å²) in [5.74, 6) is 2.31. The van der Waals surface area contributed by atoms with Crippen LogP contribution in [-0.4, -0.2) is 26.4 Å². The predicted molar refractivity (Wildman–Crippen MR) is 63.7 cm³/mol. The molecule has 1 aromatic heterocycles. The van der Waals surface area contributed by atoms with Gasteiger partial charge in [0.25, 0.3) is 0 Å². The Balaban J connectivity index is 2.32. The summed E-state index contributed by atoms with van der Waals surface area (Å²) in [6.07, 6.45) is 2.14. The summed E-state index contributed by atoms with van der Waals surface area (Å²) in [5.41, 5.74) is -0.161. The van der Waals surface area contributed by atoms with Gasteiger partial charge in [-0.3, -0.25) is 4.57 Å². The number of rotatable bonds is 6. The minimum Gasteiger partial charge on any atom is -0.273 e. The molecule has 1 heterocycles. The molecule has 1 atom stereocenters. The SMILES string of the molecule is CC(CCCl)CCSc1n[nH]c(=O)n1C. The monoisotopic (exact) mass is 249 g/mol. The fraction of sp³-hybridized carbons (Fsp3) is 0.778. The average molecular weight is 250 g/mol. The minimum absolute atomic E-state index is 0.161. The van der Waals surface area contributed by atoms with Crippen LogP contribution in [0.5, 0.6) is 0 Å². The molecule has 0 bridgehead atoms. The Bertz CT molecular complexity index is 349. The largest absolute Gasteiger partial charge is 0.343 e. The predicted octanol–water partition coefficient (Wildman–Crippen LogP) is 1.86. The minimum atomic E-state index is -0.161. The second-order valence-corrected chi connectivity index (χ2v) is 5.03. The Kier molecular flexibility index (Phi) is 5.25. The fourth-order valence-corrected chi connectivity index (χ4v) is 2.61. The van der Waals surface area contributed by atoms with Gasteiger partial charge in [0.05, 0.1) is 0 Å². The molecule has 86 valence electrons. The topological polar surface area (TPSA) is 50.7 Å². The van der Waals surface area contributed by atoms with Crippen molar-refractivity contribution in [3.63, 3.8) is 0 Å². The highest BCUT2D eigenvalue weighted by Gasteiger charge is 2.06. The zero-order valence-electron chi connectivity index (χ0n) is 8.99. The number of aromatic amines is 1. The van der Waals surface area contributed by atoms with Crippen LogP contribution in [0.4, 0.5) is 0 Å². The number of nitrogens with one attached hydrogen (secondary N) is 1. The zero-order chi connectivity index (χ0) is 11.3. The summed E-state index contributed by atoms with van der Waals surface area (Å²) in [4.78, 5) is 11.1. The Labute approximate surface area is 98.4 Å². The van der Waals surface area contributed by atoms with Gasteiger partial charge in [0, 0.05) is 18.7 Å². The van der Waals surface area contributed by atoms with Crippen LogP contribution in [0.2, 0.25) is 0 Å². The molecule has 1 aromatic rings. The molecule has 0 radical (unpaired) electrons. The van der Waals surface area contributed by atoms with E-state index in [0.717, 1.165) is 23.8 Å². The Hall–Kier alpha value is -0.420. The highest BCUT2D eigenvalue weighted by atomic mass is 35.5. The Morgan fingerprint density at radius 2 is 2.33 bits per heavy atom. The molecule has 0 amide bonds. The number of nitrogens with zero attached hydrogens (tertiary/aromatic N) is 2. The molecule has 6 heteroatoms. The second kappa shape index (κ2) is 6.23. The third-order valence-electron chi connectivity index (χ3n) is 2.28. The molecule has 0 spiro atoms. The van der Waals surface area contributed by atoms with E-state index in [9.17, 15) is 4.79 Å². The van der Waals surface area contributed by atoms with Crippen LogP contribution in [-0.2, 0) is 7.05 Å². The molecule has 0 aliphatic carbocycles. The number of halogens is 1. The zero-order valence-corrected chi connectivity index (χ0v) is 10.6. The first-order chi connectivity index (χ1) is 7.15. The number of thioether (sulfide) groups is 1. The van der Waals surface area contributed by atoms with Crippen LogP contribution in [0, 0.1) is 5.92 Å². The van der Waals surface area contributed by atoms with Crippen LogP contribution >= 0.6 is 23.4 Å². The third-order valence-corrected chi connectivity index (χ3v) is 3.56. The maximum Gasteiger partial charge on any atom is 0.343 e. The maximum atomic E-state index is 11.1. The lowest BCUT2D eigenvalue weighted by Gasteiger charge is -2.07. The highest BCUT2D eigenvalue weighted by molar-refractivity contribution is 7.99. The van der Waals surface area contributed by atoms with Gasteiger partial charge in [0.1, 0.15) is 0 Å².